The van der Waals surface area contributed by atoms with Gasteiger partial charge in [0, 0.05) is 13.2 Å². The number of hydrogen-bond acceptors (Lipinski definition) is 2. The molecule has 0 heterocycles. The zero-order chi connectivity index (χ0) is 17.1. The van der Waals surface area contributed by atoms with Gasteiger partial charge in [0.25, 0.3) is 0 Å². The summed E-state index contributed by atoms with van der Waals surface area (Å²) in [4.78, 5) is 0. The lowest BCUT2D eigenvalue weighted by Crippen LogP contribution is -2.16. The summed E-state index contributed by atoms with van der Waals surface area (Å²) < 4.78 is 0. The van der Waals surface area contributed by atoms with Crippen LogP contribution in [0.1, 0.15) is 98.8 Å². The van der Waals surface area contributed by atoms with Crippen LogP contribution in [-0.4, -0.2) is 23.4 Å². The van der Waals surface area contributed by atoms with Gasteiger partial charge in [-0.2, -0.15) is 0 Å². The van der Waals surface area contributed by atoms with Gasteiger partial charge < -0.3 is 10.2 Å². The predicted molar refractivity (Wildman–Crippen MR) is 97.1 cm³/mol. The molecule has 0 aromatic rings. The van der Waals surface area contributed by atoms with E-state index in [1.807, 2.05) is 0 Å². The minimum atomic E-state index is 0.105. The van der Waals surface area contributed by atoms with Crippen LogP contribution in [0.15, 0.2) is 0 Å². The average Bonchev–Trinajstić information content (AvgIpc) is 2.46. The Labute approximate surface area is 139 Å². The molecule has 0 amide bonds. The summed E-state index contributed by atoms with van der Waals surface area (Å²) in [6.45, 7) is 11.6. The van der Waals surface area contributed by atoms with Crippen molar-refractivity contribution >= 4 is 0 Å². The molecule has 0 aromatic carbocycles. The van der Waals surface area contributed by atoms with Crippen LogP contribution < -0.4 is 0 Å². The van der Waals surface area contributed by atoms with E-state index in [9.17, 15) is 10.2 Å². The van der Waals surface area contributed by atoms with E-state index in [0.29, 0.717) is 13.2 Å². The Hall–Kier alpha value is -0.0800. The first-order valence-corrected chi connectivity index (χ1v) is 9.44. The van der Waals surface area contributed by atoms with Crippen LogP contribution in [0.4, 0.5) is 0 Å². The van der Waals surface area contributed by atoms with Crippen molar-refractivity contribution in [3.05, 3.63) is 0 Å². The van der Waals surface area contributed by atoms with Crippen molar-refractivity contribution in [2.75, 3.05) is 13.2 Å². The maximum Gasteiger partial charge on any atom is 0.0482 e. The topological polar surface area (TPSA) is 40.5 Å². The Balaban J connectivity index is 3.46. The van der Waals surface area contributed by atoms with Crippen LogP contribution in [-0.2, 0) is 0 Å². The summed E-state index contributed by atoms with van der Waals surface area (Å²) in [5.41, 5.74) is 0.210. The largest absolute Gasteiger partial charge is 0.396 e. The van der Waals surface area contributed by atoms with Crippen LogP contribution in [0, 0.1) is 16.7 Å². The zero-order valence-electron chi connectivity index (χ0n) is 16.0. The van der Waals surface area contributed by atoms with E-state index in [-0.39, 0.29) is 10.8 Å². The van der Waals surface area contributed by atoms with Crippen LogP contribution in [0.2, 0.25) is 0 Å². The molecular formula is C20H42O2. The SMILES string of the molecule is CC(CCCCCC(C)(C)CO)CCCCCC(C)(C)CO. The minimum absolute atomic E-state index is 0.105. The van der Waals surface area contributed by atoms with Crippen molar-refractivity contribution in [3.63, 3.8) is 0 Å². The second-order valence-corrected chi connectivity index (χ2v) is 8.95. The van der Waals surface area contributed by atoms with Gasteiger partial charge in [0.1, 0.15) is 0 Å². The molecule has 0 bridgehead atoms. The summed E-state index contributed by atoms with van der Waals surface area (Å²) in [5.74, 6) is 0.844. The van der Waals surface area contributed by atoms with Gasteiger partial charge in [-0.15, -0.1) is 0 Å². The van der Waals surface area contributed by atoms with Gasteiger partial charge in [-0.1, -0.05) is 86.0 Å². The Morgan fingerprint density at radius 2 is 1.00 bits per heavy atom. The third-order valence-corrected chi connectivity index (χ3v) is 4.96. The predicted octanol–water partition coefficient (Wildman–Crippen LogP) is 5.56. The fourth-order valence-corrected chi connectivity index (χ4v) is 2.85. The molecule has 2 nitrogen and oxygen atoms in total. The maximum absolute atomic E-state index is 9.23. The van der Waals surface area contributed by atoms with Crippen molar-refractivity contribution in [2.24, 2.45) is 16.7 Å². The highest BCUT2D eigenvalue weighted by molar-refractivity contribution is 4.68. The third-order valence-electron chi connectivity index (χ3n) is 4.96. The fourth-order valence-electron chi connectivity index (χ4n) is 2.85. The minimum Gasteiger partial charge on any atom is -0.396 e. The van der Waals surface area contributed by atoms with Gasteiger partial charge in [0.05, 0.1) is 0 Å². The molecule has 0 aliphatic carbocycles. The highest BCUT2D eigenvalue weighted by Crippen LogP contribution is 2.25. The maximum atomic E-state index is 9.23. The summed E-state index contributed by atoms with van der Waals surface area (Å²) in [7, 11) is 0. The third kappa shape index (κ3) is 12.5. The van der Waals surface area contributed by atoms with Crippen molar-refractivity contribution in [1.29, 1.82) is 0 Å². The molecule has 0 radical (unpaired) electrons. The molecule has 0 aromatic heterocycles. The van der Waals surface area contributed by atoms with E-state index < -0.39 is 0 Å². The summed E-state index contributed by atoms with van der Waals surface area (Å²) in [5, 5.41) is 18.5. The van der Waals surface area contributed by atoms with Crippen LogP contribution in [0.3, 0.4) is 0 Å². The highest BCUT2D eigenvalue weighted by Gasteiger charge is 2.16. The molecule has 0 rings (SSSR count). The van der Waals surface area contributed by atoms with Crippen molar-refractivity contribution < 1.29 is 10.2 Å². The van der Waals surface area contributed by atoms with Crippen LogP contribution in [0.5, 0.6) is 0 Å². The smallest absolute Gasteiger partial charge is 0.0482 e. The summed E-state index contributed by atoms with van der Waals surface area (Å²) >= 11 is 0. The van der Waals surface area contributed by atoms with Gasteiger partial charge in [-0.05, 0) is 29.6 Å². The fraction of sp³-hybridized carbons (Fsp3) is 1.00. The molecule has 0 aliphatic heterocycles. The molecule has 134 valence electrons. The van der Waals surface area contributed by atoms with E-state index >= 15 is 0 Å². The molecule has 0 spiro atoms. The van der Waals surface area contributed by atoms with E-state index in [2.05, 4.69) is 34.6 Å². The van der Waals surface area contributed by atoms with E-state index in [1.165, 1.54) is 51.4 Å². The lowest BCUT2D eigenvalue weighted by atomic mass is 9.86. The number of aliphatic hydroxyl groups excluding tert-OH is 2. The zero-order valence-corrected chi connectivity index (χ0v) is 16.0. The molecule has 0 unspecified atom stereocenters. The Morgan fingerprint density at radius 3 is 1.32 bits per heavy atom. The molecule has 0 fully saturated rings. The van der Waals surface area contributed by atoms with E-state index in [4.69, 9.17) is 0 Å². The first-order chi connectivity index (χ1) is 10.2. The van der Waals surface area contributed by atoms with Crippen LogP contribution in [0.25, 0.3) is 0 Å². The Morgan fingerprint density at radius 1 is 0.636 bits per heavy atom. The molecule has 2 N–H and O–H groups in total. The van der Waals surface area contributed by atoms with Gasteiger partial charge >= 0.3 is 0 Å². The first kappa shape index (κ1) is 21.9. The standard InChI is InChI=1S/C20H42O2/c1-18(12-8-6-10-14-19(2,3)16-21)13-9-7-11-15-20(4,5)17-22/h18,21-22H,6-17H2,1-5H3. The van der Waals surface area contributed by atoms with Crippen molar-refractivity contribution in [3.8, 4) is 0 Å². The number of unbranched alkanes of at least 4 members (excludes halogenated alkanes) is 4. The van der Waals surface area contributed by atoms with Gasteiger partial charge in [-0.25, -0.2) is 0 Å². The van der Waals surface area contributed by atoms with Crippen LogP contribution >= 0.6 is 0 Å². The van der Waals surface area contributed by atoms with E-state index in [0.717, 1.165) is 18.8 Å². The second-order valence-electron chi connectivity index (χ2n) is 8.95. The van der Waals surface area contributed by atoms with Gasteiger partial charge in [0.15, 0.2) is 0 Å². The van der Waals surface area contributed by atoms with Crippen molar-refractivity contribution in [2.45, 2.75) is 98.8 Å². The van der Waals surface area contributed by atoms with Gasteiger partial charge in [0.2, 0.25) is 0 Å². The van der Waals surface area contributed by atoms with E-state index in [1.54, 1.807) is 0 Å². The molecule has 22 heavy (non-hydrogen) atoms. The number of hydrogen-bond donors (Lipinski definition) is 2. The normalized spacial score (nSPS) is 13.1. The van der Waals surface area contributed by atoms with Crippen molar-refractivity contribution in [1.82, 2.24) is 0 Å². The molecule has 0 saturated heterocycles. The number of rotatable bonds is 14. The lowest BCUT2D eigenvalue weighted by Gasteiger charge is -2.21. The summed E-state index contributed by atoms with van der Waals surface area (Å²) in [6, 6.07) is 0. The summed E-state index contributed by atoms with van der Waals surface area (Å²) in [6.07, 6.45) is 12.7. The Bertz CT molecular complexity index is 232. The molecule has 2 heteroatoms. The highest BCUT2D eigenvalue weighted by atomic mass is 16.3. The average molecular weight is 315 g/mol. The molecular weight excluding hydrogens is 272 g/mol. The monoisotopic (exact) mass is 314 g/mol. The Kier molecular flexibility index (Phi) is 11.4. The second kappa shape index (κ2) is 11.5. The number of aliphatic hydroxyl groups is 2. The molecule has 0 saturated carbocycles. The molecule has 0 atom stereocenters. The first-order valence-electron chi connectivity index (χ1n) is 9.44. The van der Waals surface area contributed by atoms with Gasteiger partial charge in [-0.3, -0.25) is 0 Å². The quantitative estimate of drug-likeness (QED) is 0.412. The molecule has 0 aliphatic rings. The lowest BCUT2D eigenvalue weighted by molar-refractivity contribution is 0.146.